The van der Waals surface area contributed by atoms with E-state index >= 15 is 0 Å². The van der Waals surface area contributed by atoms with Crippen molar-refractivity contribution in [3.05, 3.63) is 29.8 Å². The Morgan fingerprint density at radius 1 is 0.850 bits per heavy atom. The average Bonchev–Trinajstić information content (AvgIpc) is 2.87. The highest BCUT2D eigenvalue weighted by atomic mass is 16.7. The van der Waals surface area contributed by atoms with Crippen molar-refractivity contribution in [2.75, 3.05) is 13.2 Å². The van der Waals surface area contributed by atoms with Gasteiger partial charge in [0.1, 0.15) is 48.5 Å². The number of aliphatic hydroxyl groups is 6. The van der Waals surface area contributed by atoms with E-state index in [-0.39, 0.29) is 17.8 Å². The summed E-state index contributed by atoms with van der Waals surface area (Å²) >= 11 is 0. The molecule has 6 N–H and O–H groups in total. The molecule has 2 heterocycles. The Bertz CT molecular complexity index is 930. The van der Waals surface area contributed by atoms with Gasteiger partial charge in [-0.3, -0.25) is 4.79 Å². The summed E-state index contributed by atoms with van der Waals surface area (Å²) in [4.78, 5) is 12.4. The van der Waals surface area contributed by atoms with E-state index in [1.807, 2.05) is 12.1 Å². The van der Waals surface area contributed by atoms with Gasteiger partial charge in [-0.15, -0.1) is 0 Å². The van der Waals surface area contributed by atoms with Crippen LogP contribution in [0.5, 0.6) is 5.75 Å². The Balaban J connectivity index is 1.74. The number of rotatable bonds is 10. The predicted molar refractivity (Wildman–Crippen MR) is 140 cm³/mol. The molecule has 10 unspecified atom stereocenters. The molecule has 40 heavy (non-hydrogen) atoms. The quantitative estimate of drug-likeness (QED) is 0.205. The zero-order valence-corrected chi connectivity index (χ0v) is 23.6. The fourth-order valence-electron chi connectivity index (χ4n) is 4.73. The van der Waals surface area contributed by atoms with Crippen LogP contribution in [0.3, 0.4) is 0 Å². The summed E-state index contributed by atoms with van der Waals surface area (Å²) < 4.78 is 28.2. The summed E-state index contributed by atoms with van der Waals surface area (Å²) in [5, 5.41) is 62.3. The summed E-state index contributed by atoms with van der Waals surface area (Å²) in [6.45, 7) is 8.62. The zero-order valence-electron chi connectivity index (χ0n) is 23.6. The largest absolute Gasteiger partial charge is 0.462 e. The molecule has 2 fully saturated rings. The van der Waals surface area contributed by atoms with Gasteiger partial charge in [0, 0.05) is 6.42 Å². The number of esters is 1. The third kappa shape index (κ3) is 8.34. The van der Waals surface area contributed by atoms with E-state index in [0.29, 0.717) is 5.75 Å². The highest BCUT2D eigenvalue weighted by Gasteiger charge is 2.52. The van der Waals surface area contributed by atoms with Crippen molar-refractivity contribution in [2.45, 2.75) is 109 Å². The predicted octanol–water partition coefficient (Wildman–Crippen LogP) is -0.125. The molecule has 0 amide bonds. The number of aliphatic hydroxyl groups excluding tert-OH is 6. The Kier molecular flexibility index (Phi) is 11.3. The van der Waals surface area contributed by atoms with Crippen molar-refractivity contribution in [3.63, 3.8) is 0 Å². The molecule has 12 heteroatoms. The number of carbonyl (C=O) groups is 1. The Labute approximate surface area is 234 Å². The molecule has 1 aromatic rings. The van der Waals surface area contributed by atoms with E-state index < -0.39 is 80.6 Å². The summed E-state index contributed by atoms with van der Waals surface area (Å²) in [5.74, 6) is -0.370. The smallest absolute Gasteiger partial charge is 0.306 e. The normalized spacial score (nSPS) is 35.0. The number of ether oxygens (including phenoxy) is 5. The van der Waals surface area contributed by atoms with Gasteiger partial charge in [0.15, 0.2) is 12.4 Å². The van der Waals surface area contributed by atoms with Crippen LogP contribution in [0.1, 0.15) is 46.6 Å². The Morgan fingerprint density at radius 3 is 1.98 bits per heavy atom. The lowest BCUT2D eigenvalue weighted by Gasteiger charge is -2.46. The Hall–Kier alpha value is -1.87. The lowest BCUT2D eigenvalue weighted by molar-refractivity contribution is -0.353. The first kappa shape index (κ1) is 32.6. The van der Waals surface area contributed by atoms with E-state index in [2.05, 4.69) is 20.8 Å². The molecule has 0 aromatic heterocycles. The molecule has 2 aliphatic heterocycles. The van der Waals surface area contributed by atoms with Gasteiger partial charge >= 0.3 is 5.97 Å². The van der Waals surface area contributed by atoms with Gasteiger partial charge in [-0.05, 0) is 35.4 Å². The molecule has 2 aliphatic rings. The summed E-state index contributed by atoms with van der Waals surface area (Å²) in [6, 6.07) is 7.21. The topological polar surface area (TPSA) is 185 Å². The van der Waals surface area contributed by atoms with E-state index in [1.165, 1.54) is 0 Å². The van der Waals surface area contributed by atoms with Crippen molar-refractivity contribution in [2.24, 2.45) is 11.3 Å². The van der Waals surface area contributed by atoms with Crippen molar-refractivity contribution in [1.82, 2.24) is 0 Å². The first-order chi connectivity index (χ1) is 18.7. The molecule has 1 aromatic carbocycles. The SMILES string of the molecule is CC(C)CC(=O)OC1C(OC2C(CO)OC(Oc3ccc(CC(C)(C)C)cc3)C(O)C2O)OC(CO)C(O)C1O. The van der Waals surface area contributed by atoms with E-state index in [4.69, 9.17) is 23.7 Å². The maximum Gasteiger partial charge on any atom is 0.306 e. The van der Waals surface area contributed by atoms with Gasteiger partial charge in [-0.2, -0.15) is 0 Å². The third-order valence-corrected chi connectivity index (χ3v) is 6.69. The van der Waals surface area contributed by atoms with Gasteiger partial charge in [-0.25, -0.2) is 0 Å². The van der Waals surface area contributed by atoms with E-state index in [0.717, 1.165) is 12.0 Å². The van der Waals surface area contributed by atoms with Gasteiger partial charge in [0.25, 0.3) is 0 Å². The molecule has 10 atom stereocenters. The van der Waals surface area contributed by atoms with Gasteiger partial charge in [-0.1, -0.05) is 46.8 Å². The van der Waals surface area contributed by atoms with Gasteiger partial charge in [0.05, 0.1) is 13.2 Å². The second kappa shape index (κ2) is 13.9. The fourth-order valence-corrected chi connectivity index (χ4v) is 4.73. The van der Waals surface area contributed by atoms with Crippen LogP contribution in [0, 0.1) is 11.3 Å². The average molecular weight is 573 g/mol. The third-order valence-electron chi connectivity index (χ3n) is 6.69. The number of benzene rings is 1. The molecule has 0 radical (unpaired) electrons. The Morgan fingerprint density at radius 2 is 1.43 bits per heavy atom. The van der Waals surface area contributed by atoms with Gasteiger partial charge < -0.3 is 54.3 Å². The number of carbonyl (C=O) groups excluding carboxylic acids is 1. The van der Waals surface area contributed by atoms with Gasteiger partial charge in [0.2, 0.25) is 6.29 Å². The second-order valence-electron chi connectivity index (χ2n) is 12.1. The van der Waals surface area contributed by atoms with Crippen LogP contribution in [0.25, 0.3) is 0 Å². The van der Waals surface area contributed by atoms with Crippen LogP contribution in [0.15, 0.2) is 24.3 Å². The molecule has 2 saturated heterocycles. The number of hydrogen-bond acceptors (Lipinski definition) is 12. The highest BCUT2D eigenvalue weighted by Crippen LogP contribution is 2.32. The second-order valence-corrected chi connectivity index (χ2v) is 12.1. The fraction of sp³-hybridized carbons (Fsp3) is 0.750. The molecule has 0 bridgehead atoms. The molecule has 0 spiro atoms. The number of hydrogen-bond donors (Lipinski definition) is 6. The van der Waals surface area contributed by atoms with E-state index in [1.54, 1.807) is 26.0 Å². The molecule has 12 nitrogen and oxygen atoms in total. The minimum Gasteiger partial charge on any atom is -0.462 e. The molecule has 228 valence electrons. The lowest BCUT2D eigenvalue weighted by atomic mass is 9.88. The minimum atomic E-state index is -1.69. The van der Waals surface area contributed by atoms with Crippen LogP contribution in [-0.2, 0) is 30.2 Å². The zero-order chi connectivity index (χ0) is 29.8. The molecule has 0 saturated carbocycles. The molecule has 3 rings (SSSR count). The monoisotopic (exact) mass is 572 g/mol. The van der Waals surface area contributed by atoms with E-state index in [9.17, 15) is 35.4 Å². The summed E-state index contributed by atoms with van der Waals surface area (Å²) in [7, 11) is 0. The minimum absolute atomic E-state index is 0.0127. The molecular weight excluding hydrogens is 528 g/mol. The summed E-state index contributed by atoms with van der Waals surface area (Å²) in [6.07, 6.45) is -14.1. The van der Waals surface area contributed by atoms with Crippen LogP contribution in [0.2, 0.25) is 0 Å². The van der Waals surface area contributed by atoms with Crippen LogP contribution >= 0.6 is 0 Å². The molecular formula is C28H44O12. The molecule has 0 aliphatic carbocycles. The summed E-state index contributed by atoms with van der Waals surface area (Å²) in [5.41, 5.74) is 1.19. The maximum atomic E-state index is 12.4. The highest BCUT2D eigenvalue weighted by molar-refractivity contribution is 5.69. The van der Waals surface area contributed by atoms with Crippen LogP contribution in [-0.4, -0.2) is 111 Å². The van der Waals surface area contributed by atoms with Crippen molar-refractivity contribution in [3.8, 4) is 5.75 Å². The lowest BCUT2D eigenvalue weighted by Crippen LogP contribution is -2.65. The van der Waals surface area contributed by atoms with Crippen molar-refractivity contribution >= 4 is 5.97 Å². The van der Waals surface area contributed by atoms with Crippen LogP contribution in [0.4, 0.5) is 0 Å². The first-order valence-corrected chi connectivity index (χ1v) is 13.6. The maximum absolute atomic E-state index is 12.4. The van der Waals surface area contributed by atoms with Crippen molar-refractivity contribution in [1.29, 1.82) is 0 Å². The first-order valence-electron chi connectivity index (χ1n) is 13.6. The van der Waals surface area contributed by atoms with Crippen LogP contribution < -0.4 is 4.74 Å². The standard InChI is InChI=1S/C28H44O12/c1-14(2)10-19(31)39-25-21(33)20(32)17(12-29)37-27(25)40-24-18(13-30)38-26(23(35)22(24)34)36-16-8-6-15(7-9-16)11-28(3,4)5/h6-9,14,17-18,20-27,29-30,32-35H,10-13H2,1-5H3. The van der Waals surface area contributed by atoms with Crippen molar-refractivity contribution < 1.29 is 59.1 Å².